The molecule has 1 atom stereocenters. The highest BCUT2D eigenvalue weighted by Gasteiger charge is 2.37. The van der Waals surface area contributed by atoms with Crippen molar-refractivity contribution < 1.29 is 24.2 Å². The Morgan fingerprint density at radius 3 is 2.56 bits per heavy atom. The highest BCUT2D eigenvalue weighted by atomic mass is 16.5. The van der Waals surface area contributed by atoms with Crippen molar-refractivity contribution in [1.82, 2.24) is 5.32 Å². The maximum absolute atomic E-state index is 12.6. The zero-order valence-corrected chi connectivity index (χ0v) is 15.5. The molecule has 7 heteroatoms. The van der Waals surface area contributed by atoms with Gasteiger partial charge in [0.05, 0.1) is 24.1 Å². The Kier molecular flexibility index (Phi) is 5.98. The Bertz CT molecular complexity index is 712. The summed E-state index contributed by atoms with van der Waals surface area (Å²) < 4.78 is 5.60. The van der Waals surface area contributed by atoms with Gasteiger partial charge in [0.25, 0.3) is 0 Å². The lowest BCUT2D eigenvalue weighted by Crippen LogP contribution is -2.42. The van der Waals surface area contributed by atoms with Crippen molar-refractivity contribution in [2.45, 2.75) is 45.1 Å². The Labute approximate surface area is 158 Å². The minimum absolute atomic E-state index is 0.00652. The van der Waals surface area contributed by atoms with Crippen molar-refractivity contribution in [1.29, 1.82) is 0 Å². The molecule has 0 aromatic heterocycles. The number of carbonyl (C=O) groups excluding carboxylic acids is 2. The van der Waals surface area contributed by atoms with Crippen LogP contribution in [-0.4, -0.2) is 42.1 Å². The van der Waals surface area contributed by atoms with E-state index >= 15 is 0 Å². The number of aliphatic carboxylic acids is 1. The predicted molar refractivity (Wildman–Crippen MR) is 99.6 cm³/mol. The third-order valence-electron chi connectivity index (χ3n) is 5.37. The van der Waals surface area contributed by atoms with Crippen LogP contribution >= 0.6 is 0 Å². The molecule has 0 spiro atoms. The van der Waals surface area contributed by atoms with Crippen LogP contribution in [-0.2, 0) is 14.4 Å². The van der Waals surface area contributed by atoms with E-state index in [1.54, 1.807) is 4.90 Å². The maximum Gasteiger partial charge on any atom is 0.306 e. The van der Waals surface area contributed by atoms with Crippen LogP contribution in [0.3, 0.4) is 0 Å². The van der Waals surface area contributed by atoms with Crippen LogP contribution in [0.1, 0.15) is 39.0 Å². The van der Waals surface area contributed by atoms with Gasteiger partial charge in [0.15, 0.2) is 0 Å². The van der Waals surface area contributed by atoms with Crippen molar-refractivity contribution in [3.8, 4) is 5.75 Å². The summed E-state index contributed by atoms with van der Waals surface area (Å²) in [6.45, 7) is 2.72. The van der Waals surface area contributed by atoms with E-state index in [0.717, 1.165) is 0 Å². The molecule has 2 amide bonds. The number of hydrogen-bond acceptors (Lipinski definition) is 4. The minimum atomic E-state index is -0.759. The Balaban J connectivity index is 1.59. The number of ether oxygens (including phenoxy) is 1. The monoisotopic (exact) mass is 374 g/mol. The fourth-order valence-corrected chi connectivity index (χ4v) is 3.88. The first-order chi connectivity index (χ1) is 13.0. The molecule has 2 aliphatic rings. The van der Waals surface area contributed by atoms with E-state index < -0.39 is 11.9 Å². The third kappa shape index (κ3) is 4.40. The van der Waals surface area contributed by atoms with Gasteiger partial charge in [-0.15, -0.1) is 0 Å². The quantitative estimate of drug-likeness (QED) is 0.796. The summed E-state index contributed by atoms with van der Waals surface area (Å²) in [6, 6.07) is 7.34. The number of benzene rings is 1. The summed E-state index contributed by atoms with van der Waals surface area (Å²) in [7, 11) is 0. The number of carboxylic acids is 1. The largest absolute Gasteiger partial charge is 0.492 e. The Hall–Kier alpha value is -2.57. The SMILES string of the molecule is CCOc1ccccc1N1C[C@@H](C(=O)NC2CCC(C(=O)O)CC2)CC1=O. The molecule has 0 radical (unpaired) electrons. The van der Waals surface area contributed by atoms with E-state index in [9.17, 15) is 14.4 Å². The lowest BCUT2D eigenvalue weighted by Gasteiger charge is -2.27. The highest BCUT2D eigenvalue weighted by molar-refractivity contribution is 6.01. The van der Waals surface area contributed by atoms with E-state index in [1.165, 1.54) is 0 Å². The van der Waals surface area contributed by atoms with Crippen molar-refractivity contribution >= 4 is 23.5 Å². The maximum atomic E-state index is 12.6. The summed E-state index contributed by atoms with van der Waals surface area (Å²) >= 11 is 0. The third-order valence-corrected chi connectivity index (χ3v) is 5.37. The van der Waals surface area contributed by atoms with Gasteiger partial charge in [0.1, 0.15) is 5.75 Å². The molecule has 1 aliphatic heterocycles. The van der Waals surface area contributed by atoms with Crippen molar-refractivity contribution in [3.05, 3.63) is 24.3 Å². The molecule has 1 saturated heterocycles. The predicted octanol–water partition coefficient (Wildman–Crippen LogP) is 2.20. The van der Waals surface area contributed by atoms with E-state index in [-0.39, 0.29) is 30.2 Å². The number of rotatable bonds is 6. The van der Waals surface area contributed by atoms with Gasteiger partial charge in [-0.05, 0) is 44.7 Å². The summed E-state index contributed by atoms with van der Waals surface area (Å²) in [5, 5.41) is 12.1. The molecule has 3 rings (SSSR count). The van der Waals surface area contributed by atoms with Crippen LogP contribution in [0.2, 0.25) is 0 Å². The lowest BCUT2D eigenvalue weighted by atomic mass is 9.86. The van der Waals surface area contributed by atoms with Crippen molar-refractivity contribution in [2.75, 3.05) is 18.1 Å². The molecule has 2 N–H and O–H groups in total. The molecule has 1 aliphatic carbocycles. The van der Waals surface area contributed by atoms with Gasteiger partial charge in [-0.2, -0.15) is 0 Å². The molecule has 146 valence electrons. The number of amides is 2. The van der Waals surface area contributed by atoms with Gasteiger partial charge in [-0.3, -0.25) is 14.4 Å². The van der Waals surface area contributed by atoms with Gasteiger partial charge >= 0.3 is 5.97 Å². The molecule has 7 nitrogen and oxygen atoms in total. The molecule has 1 heterocycles. The Morgan fingerprint density at radius 2 is 1.89 bits per heavy atom. The topological polar surface area (TPSA) is 95.9 Å². The van der Waals surface area contributed by atoms with Crippen LogP contribution in [0.4, 0.5) is 5.69 Å². The van der Waals surface area contributed by atoms with Gasteiger partial charge in [0, 0.05) is 19.0 Å². The number of nitrogens with one attached hydrogen (secondary N) is 1. The van der Waals surface area contributed by atoms with Crippen LogP contribution in [0, 0.1) is 11.8 Å². The number of carboxylic acid groups (broad SMARTS) is 1. The second-order valence-corrected chi connectivity index (χ2v) is 7.20. The molecule has 2 fully saturated rings. The molecule has 27 heavy (non-hydrogen) atoms. The molecular weight excluding hydrogens is 348 g/mol. The van der Waals surface area contributed by atoms with E-state index in [1.807, 2.05) is 31.2 Å². The molecule has 0 bridgehead atoms. The highest BCUT2D eigenvalue weighted by Crippen LogP contribution is 2.33. The summed E-state index contributed by atoms with van der Waals surface area (Å²) in [5.74, 6) is -1.04. The second-order valence-electron chi connectivity index (χ2n) is 7.20. The van der Waals surface area contributed by atoms with Crippen LogP contribution in [0.5, 0.6) is 5.75 Å². The summed E-state index contributed by atoms with van der Waals surface area (Å²) in [5.41, 5.74) is 0.696. The first-order valence-corrected chi connectivity index (χ1v) is 9.55. The molecule has 0 unspecified atom stereocenters. The van der Waals surface area contributed by atoms with E-state index in [2.05, 4.69) is 5.32 Å². The summed E-state index contributed by atoms with van der Waals surface area (Å²) in [6.07, 6.45) is 2.67. The molecular formula is C20H26N2O5. The van der Waals surface area contributed by atoms with Crippen molar-refractivity contribution in [3.63, 3.8) is 0 Å². The number of anilines is 1. The Morgan fingerprint density at radius 1 is 1.19 bits per heavy atom. The normalized spacial score (nSPS) is 25.3. The molecule has 1 aromatic rings. The minimum Gasteiger partial charge on any atom is -0.492 e. The first-order valence-electron chi connectivity index (χ1n) is 9.55. The lowest BCUT2D eigenvalue weighted by molar-refractivity contribution is -0.142. The molecule has 1 aromatic carbocycles. The average molecular weight is 374 g/mol. The zero-order valence-electron chi connectivity index (χ0n) is 15.5. The van der Waals surface area contributed by atoms with E-state index in [4.69, 9.17) is 9.84 Å². The standard InChI is InChI=1S/C20H26N2O5/c1-2-27-17-6-4-3-5-16(17)22-12-14(11-18(22)23)19(24)21-15-9-7-13(8-10-15)20(25)26/h3-6,13-15H,2,7-12H2,1H3,(H,21,24)(H,25,26)/t13?,14-,15?/m0/s1. The zero-order chi connectivity index (χ0) is 19.4. The average Bonchev–Trinajstić information content (AvgIpc) is 3.05. The second kappa shape index (κ2) is 8.41. The van der Waals surface area contributed by atoms with Crippen LogP contribution in [0.25, 0.3) is 0 Å². The van der Waals surface area contributed by atoms with Crippen LogP contribution < -0.4 is 15.0 Å². The van der Waals surface area contributed by atoms with Gasteiger partial charge in [-0.25, -0.2) is 0 Å². The number of para-hydroxylation sites is 2. The first kappa shape index (κ1) is 19.2. The van der Waals surface area contributed by atoms with Gasteiger partial charge < -0.3 is 20.1 Å². The van der Waals surface area contributed by atoms with Gasteiger partial charge in [0.2, 0.25) is 11.8 Å². The van der Waals surface area contributed by atoms with Crippen LogP contribution in [0.15, 0.2) is 24.3 Å². The number of carbonyl (C=O) groups is 3. The fraction of sp³-hybridized carbons (Fsp3) is 0.550. The van der Waals surface area contributed by atoms with Gasteiger partial charge in [-0.1, -0.05) is 12.1 Å². The number of hydrogen-bond donors (Lipinski definition) is 2. The smallest absolute Gasteiger partial charge is 0.306 e. The summed E-state index contributed by atoms with van der Waals surface area (Å²) in [4.78, 5) is 37.8. The fourth-order valence-electron chi connectivity index (χ4n) is 3.88. The molecule has 1 saturated carbocycles. The number of nitrogens with zero attached hydrogens (tertiary/aromatic N) is 1. The van der Waals surface area contributed by atoms with Crippen molar-refractivity contribution in [2.24, 2.45) is 11.8 Å². The van der Waals surface area contributed by atoms with E-state index in [0.29, 0.717) is 50.3 Å².